The Labute approximate surface area is 156 Å². The van der Waals surface area contributed by atoms with Crippen LogP contribution in [0.5, 0.6) is 11.5 Å². The fraction of sp³-hybridized carbons (Fsp3) is 0.238. The van der Waals surface area contributed by atoms with E-state index in [0.29, 0.717) is 23.0 Å². The number of aromatic nitrogens is 1. The summed E-state index contributed by atoms with van der Waals surface area (Å²) >= 11 is 0. The smallest absolute Gasteiger partial charge is 0.276 e. The molecule has 0 saturated carbocycles. The highest BCUT2D eigenvalue weighted by atomic mass is 16.7. The van der Waals surface area contributed by atoms with Crippen LogP contribution in [0.15, 0.2) is 59.1 Å². The van der Waals surface area contributed by atoms with E-state index in [2.05, 4.69) is 17.3 Å². The first-order chi connectivity index (χ1) is 13.3. The molecule has 6 heteroatoms. The molecule has 0 unspecified atom stereocenters. The van der Waals surface area contributed by atoms with Gasteiger partial charge < -0.3 is 18.9 Å². The van der Waals surface area contributed by atoms with E-state index in [1.165, 1.54) is 0 Å². The van der Waals surface area contributed by atoms with E-state index >= 15 is 0 Å². The van der Waals surface area contributed by atoms with Crippen molar-refractivity contribution in [2.75, 3.05) is 13.3 Å². The Balaban J connectivity index is 1.40. The molecule has 0 N–H and O–H groups in total. The molecule has 2 aliphatic rings. The van der Waals surface area contributed by atoms with Crippen molar-refractivity contribution in [1.29, 1.82) is 0 Å². The number of ether oxygens (including phenoxy) is 2. The maximum atomic E-state index is 13.0. The summed E-state index contributed by atoms with van der Waals surface area (Å²) in [6.07, 6.45) is 1.95. The van der Waals surface area contributed by atoms with Crippen LogP contribution in [0, 0.1) is 0 Å². The minimum atomic E-state index is -0.0999. The number of carbonyl (C=O) groups excluding carboxylic acids is 1. The summed E-state index contributed by atoms with van der Waals surface area (Å²) in [7, 11) is 0. The lowest BCUT2D eigenvalue weighted by Crippen LogP contribution is -2.30. The summed E-state index contributed by atoms with van der Waals surface area (Å²) in [4.78, 5) is 14.9. The highest BCUT2D eigenvalue weighted by Gasteiger charge is 2.32. The van der Waals surface area contributed by atoms with Crippen LogP contribution < -0.4 is 9.47 Å². The second-order valence-electron chi connectivity index (χ2n) is 6.71. The number of likely N-dealkylation sites (tertiary alicyclic amines) is 1. The standard InChI is InChI=1S/C21H18N2O4/c24-21(23-10-4-7-17(23)14-5-2-1-3-6-14)16-12-19(27-22-16)15-8-9-18-20(11-15)26-13-25-18/h1-3,5-6,8-9,11-12,17H,4,7,10,13H2/t17-/m1/s1. The normalized spacial score (nSPS) is 18.1. The molecule has 2 aromatic carbocycles. The quantitative estimate of drug-likeness (QED) is 0.703. The van der Waals surface area contributed by atoms with E-state index in [-0.39, 0.29) is 18.7 Å². The van der Waals surface area contributed by atoms with Crippen LogP contribution >= 0.6 is 0 Å². The molecule has 1 fully saturated rings. The lowest BCUT2D eigenvalue weighted by molar-refractivity contribution is 0.0725. The SMILES string of the molecule is O=C(c1cc(-c2ccc3c(c2)OCO3)on1)N1CCC[C@@H]1c1ccccc1. The maximum Gasteiger partial charge on any atom is 0.276 e. The number of amides is 1. The van der Waals surface area contributed by atoms with Crippen molar-refractivity contribution in [2.24, 2.45) is 0 Å². The van der Waals surface area contributed by atoms with Gasteiger partial charge in [-0.1, -0.05) is 35.5 Å². The first-order valence-electron chi connectivity index (χ1n) is 9.02. The van der Waals surface area contributed by atoms with Gasteiger partial charge in [-0.3, -0.25) is 4.79 Å². The number of rotatable bonds is 3. The van der Waals surface area contributed by atoms with E-state index in [0.717, 1.165) is 30.5 Å². The van der Waals surface area contributed by atoms with Gasteiger partial charge in [0.1, 0.15) is 0 Å². The van der Waals surface area contributed by atoms with Gasteiger partial charge in [-0.2, -0.15) is 0 Å². The summed E-state index contributed by atoms with van der Waals surface area (Å²) < 4.78 is 16.2. The van der Waals surface area contributed by atoms with Crippen molar-refractivity contribution < 1.29 is 18.8 Å². The van der Waals surface area contributed by atoms with Gasteiger partial charge in [0, 0.05) is 18.2 Å². The van der Waals surface area contributed by atoms with Crippen LogP contribution in [0.4, 0.5) is 0 Å². The summed E-state index contributed by atoms with van der Waals surface area (Å²) in [6.45, 7) is 0.944. The Bertz CT molecular complexity index is 983. The second kappa shape index (κ2) is 6.46. The monoisotopic (exact) mass is 362 g/mol. The molecule has 5 rings (SSSR count). The van der Waals surface area contributed by atoms with E-state index < -0.39 is 0 Å². The molecule has 0 aliphatic carbocycles. The van der Waals surface area contributed by atoms with Gasteiger partial charge in [0.25, 0.3) is 5.91 Å². The summed E-state index contributed by atoms with van der Waals surface area (Å²) in [5, 5.41) is 4.02. The van der Waals surface area contributed by atoms with E-state index in [4.69, 9.17) is 14.0 Å². The van der Waals surface area contributed by atoms with Crippen LogP contribution in [0.1, 0.15) is 34.9 Å². The molecule has 0 bridgehead atoms. The van der Waals surface area contributed by atoms with Crippen molar-refractivity contribution >= 4 is 5.91 Å². The Hall–Kier alpha value is -3.28. The van der Waals surface area contributed by atoms with Crippen molar-refractivity contribution in [2.45, 2.75) is 18.9 Å². The van der Waals surface area contributed by atoms with Gasteiger partial charge >= 0.3 is 0 Å². The first kappa shape index (κ1) is 15.9. The van der Waals surface area contributed by atoms with Gasteiger partial charge in [-0.05, 0) is 36.6 Å². The Morgan fingerprint density at radius 1 is 1.04 bits per heavy atom. The number of hydrogen-bond acceptors (Lipinski definition) is 5. The molecule has 1 aromatic heterocycles. The van der Waals surface area contributed by atoms with E-state index in [1.807, 2.05) is 41.3 Å². The van der Waals surface area contributed by atoms with Crippen LogP contribution in [0.25, 0.3) is 11.3 Å². The molecule has 136 valence electrons. The van der Waals surface area contributed by atoms with Crippen molar-refractivity contribution in [3.8, 4) is 22.8 Å². The first-order valence-corrected chi connectivity index (χ1v) is 9.02. The fourth-order valence-electron chi connectivity index (χ4n) is 3.74. The van der Waals surface area contributed by atoms with Crippen LogP contribution in [0.3, 0.4) is 0 Å². The largest absolute Gasteiger partial charge is 0.454 e. The van der Waals surface area contributed by atoms with Gasteiger partial charge in [0.15, 0.2) is 23.0 Å². The minimum absolute atomic E-state index is 0.0874. The third kappa shape index (κ3) is 2.83. The van der Waals surface area contributed by atoms with Gasteiger partial charge in [-0.25, -0.2) is 0 Å². The number of hydrogen-bond donors (Lipinski definition) is 0. The number of benzene rings is 2. The molecule has 1 amide bonds. The molecular formula is C21H18N2O4. The predicted molar refractivity (Wildman–Crippen MR) is 97.5 cm³/mol. The summed E-state index contributed by atoms with van der Waals surface area (Å²) in [5.74, 6) is 1.81. The molecule has 3 aromatic rings. The average molecular weight is 362 g/mol. The third-order valence-electron chi connectivity index (χ3n) is 5.08. The zero-order valence-electron chi connectivity index (χ0n) is 14.6. The van der Waals surface area contributed by atoms with Crippen LogP contribution in [0.2, 0.25) is 0 Å². The molecule has 3 heterocycles. The van der Waals surface area contributed by atoms with Crippen molar-refractivity contribution in [1.82, 2.24) is 10.1 Å². The molecular weight excluding hydrogens is 344 g/mol. The van der Waals surface area contributed by atoms with Gasteiger partial charge in [-0.15, -0.1) is 0 Å². The second-order valence-corrected chi connectivity index (χ2v) is 6.71. The molecule has 2 aliphatic heterocycles. The lowest BCUT2D eigenvalue weighted by atomic mass is 10.0. The molecule has 1 saturated heterocycles. The number of fused-ring (bicyclic) bond motifs is 1. The Morgan fingerprint density at radius 3 is 2.78 bits per heavy atom. The van der Waals surface area contributed by atoms with Crippen LogP contribution in [-0.2, 0) is 0 Å². The van der Waals surface area contributed by atoms with E-state index in [1.54, 1.807) is 6.07 Å². The van der Waals surface area contributed by atoms with Crippen LogP contribution in [-0.4, -0.2) is 29.3 Å². The predicted octanol–water partition coefficient (Wildman–Crippen LogP) is 4.05. The fourth-order valence-corrected chi connectivity index (χ4v) is 3.74. The van der Waals surface area contributed by atoms with Gasteiger partial charge in [0.2, 0.25) is 6.79 Å². The molecule has 0 spiro atoms. The van der Waals surface area contributed by atoms with Gasteiger partial charge in [0.05, 0.1) is 6.04 Å². The number of carbonyl (C=O) groups is 1. The molecule has 6 nitrogen and oxygen atoms in total. The topological polar surface area (TPSA) is 64.8 Å². The summed E-state index contributed by atoms with van der Waals surface area (Å²) in [5.41, 5.74) is 2.28. The minimum Gasteiger partial charge on any atom is -0.454 e. The average Bonchev–Trinajstić information content (AvgIpc) is 3.47. The highest BCUT2D eigenvalue weighted by Crippen LogP contribution is 2.37. The molecule has 0 radical (unpaired) electrons. The zero-order chi connectivity index (χ0) is 18.2. The Morgan fingerprint density at radius 2 is 1.89 bits per heavy atom. The van der Waals surface area contributed by atoms with Crippen molar-refractivity contribution in [3.63, 3.8) is 0 Å². The third-order valence-corrected chi connectivity index (χ3v) is 5.08. The zero-order valence-corrected chi connectivity index (χ0v) is 14.6. The molecule has 1 atom stereocenters. The molecule has 27 heavy (non-hydrogen) atoms. The summed E-state index contributed by atoms with van der Waals surface area (Å²) in [6, 6.07) is 17.4. The van der Waals surface area contributed by atoms with E-state index in [9.17, 15) is 4.79 Å². The maximum absolute atomic E-state index is 13.0. The highest BCUT2D eigenvalue weighted by molar-refractivity contribution is 5.93. The number of nitrogens with zero attached hydrogens (tertiary/aromatic N) is 2. The Kier molecular flexibility index (Phi) is 3.81. The lowest BCUT2D eigenvalue weighted by Gasteiger charge is -2.24. The van der Waals surface area contributed by atoms with Crippen molar-refractivity contribution in [3.05, 3.63) is 65.9 Å².